The highest BCUT2D eigenvalue weighted by Gasteiger charge is 2.14. The Hall–Kier alpha value is -2.53. The van der Waals surface area contributed by atoms with Crippen LogP contribution in [0.15, 0.2) is 54.9 Å². The van der Waals surface area contributed by atoms with Crippen molar-refractivity contribution in [3.05, 3.63) is 66.1 Å². The molecule has 0 fully saturated rings. The zero-order chi connectivity index (χ0) is 15.2. The van der Waals surface area contributed by atoms with Gasteiger partial charge in [-0.2, -0.15) is 0 Å². The Morgan fingerprint density at radius 3 is 2.64 bits per heavy atom. The molecule has 2 heterocycles. The third-order valence-electron chi connectivity index (χ3n) is 3.57. The van der Waals surface area contributed by atoms with E-state index in [1.807, 2.05) is 22.9 Å². The molecule has 0 aliphatic heterocycles. The quantitative estimate of drug-likeness (QED) is 0.758. The molecular formula is C17H18N4O. The van der Waals surface area contributed by atoms with Crippen LogP contribution < -0.4 is 0 Å². The first-order valence-electron chi connectivity index (χ1n) is 7.36. The summed E-state index contributed by atoms with van der Waals surface area (Å²) < 4.78 is 1.85. The molecule has 0 saturated carbocycles. The van der Waals surface area contributed by atoms with Gasteiger partial charge >= 0.3 is 0 Å². The fraction of sp³-hybridized carbons (Fsp3) is 0.235. The topological polar surface area (TPSA) is 63.8 Å². The zero-order valence-corrected chi connectivity index (χ0v) is 12.3. The average molecular weight is 294 g/mol. The summed E-state index contributed by atoms with van der Waals surface area (Å²) in [6.07, 6.45) is 5.45. The Labute approximate surface area is 129 Å². The molecule has 0 spiro atoms. The van der Waals surface area contributed by atoms with Crippen molar-refractivity contribution in [1.29, 1.82) is 0 Å². The fourth-order valence-corrected chi connectivity index (χ4v) is 2.51. The molecule has 5 nitrogen and oxygen atoms in total. The van der Waals surface area contributed by atoms with Crippen LogP contribution in [0.1, 0.15) is 17.7 Å². The fourth-order valence-electron chi connectivity index (χ4n) is 2.51. The standard InChI is InChI=1S/C17H18N4O/c22-13-16-17(15-9-4-10-18-12-15)21(20-19-16)11-5-8-14-6-2-1-3-7-14/h1-4,6-7,9-10,12,22H,5,8,11,13H2. The monoisotopic (exact) mass is 294 g/mol. The summed E-state index contributed by atoms with van der Waals surface area (Å²) in [6.45, 7) is 0.634. The number of pyridine rings is 1. The summed E-state index contributed by atoms with van der Waals surface area (Å²) in [7, 11) is 0. The molecule has 3 rings (SSSR count). The maximum absolute atomic E-state index is 9.46. The van der Waals surface area contributed by atoms with Gasteiger partial charge in [0.1, 0.15) is 5.69 Å². The predicted molar refractivity (Wildman–Crippen MR) is 83.9 cm³/mol. The minimum Gasteiger partial charge on any atom is -0.390 e. The Balaban J connectivity index is 1.75. The predicted octanol–water partition coefficient (Wildman–Crippen LogP) is 2.47. The van der Waals surface area contributed by atoms with Crippen LogP contribution in [-0.4, -0.2) is 25.1 Å². The van der Waals surface area contributed by atoms with Crippen LogP contribution in [0.3, 0.4) is 0 Å². The first kappa shape index (κ1) is 14.4. The third kappa shape index (κ3) is 3.20. The SMILES string of the molecule is OCc1nnn(CCCc2ccccc2)c1-c1cccnc1. The molecule has 0 atom stereocenters. The van der Waals surface area contributed by atoms with Crippen LogP contribution in [-0.2, 0) is 19.6 Å². The normalized spacial score (nSPS) is 10.8. The van der Waals surface area contributed by atoms with Gasteiger partial charge in [-0.1, -0.05) is 35.5 Å². The Morgan fingerprint density at radius 1 is 1.05 bits per heavy atom. The molecule has 1 aromatic carbocycles. The lowest BCUT2D eigenvalue weighted by Crippen LogP contribution is -2.04. The number of nitrogens with zero attached hydrogens (tertiary/aromatic N) is 4. The Morgan fingerprint density at radius 2 is 1.91 bits per heavy atom. The highest BCUT2D eigenvalue weighted by molar-refractivity contribution is 5.60. The van der Waals surface area contributed by atoms with Crippen molar-refractivity contribution in [3.63, 3.8) is 0 Å². The van der Waals surface area contributed by atoms with Gasteiger partial charge < -0.3 is 5.11 Å². The van der Waals surface area contributed by atoms with Crippen LogP contribution in [0, 0.1) is 0 Å². The number of aliphatic hydroxyl groups is 1. The Bertz CT molecular complexity index is 710. The zero-order valence-electron chi connectivity index (χ0n) is 12.3. The largest absolute Gasteiger partial charge is 0.390 e. The lowest BCUT2D eigenvalue weighted by Gasteiger charge is -2.07. The van der Waals surface area contributed by atoms with Crippen molar-refractivity contribution in [3.8, 4) is 11.3 Å². The summed E-state index contributed by atoms with van der Waals surface area (Å²) in [5.41, 5.74) is 3.68. The maximum Gasteiger partial charge on any atom is 0.116 e. The minimum absolute atomic E-state index is 0.122. The average Bonchev–Trinajstić information content (AvgIpc) is 2.99. The highest BCUT2D eigenvalue weighted by Crippen LogP contribution is 2.21. The lowest BCUT2D eigenvalue weighted by atomic mass is 10.1. The van der Waals surface area contributed by atoms with E-state index in [-0.39, 0.29) is 6.61 Å². The van der Waals surface area contributed by atoms with Crippen molar-refractivity contribution in [1.82, 2.24) is 20.0 Å². The van der Waals surface area contributed by atoms with Crippen molar-refractivity contribution >= 4 is 0 Å². The van der Waals surface area contributed by atoms with Gasteiger partial charge in [-0.15, -0.1) is 5.10 Å². The number of aromatic nitrogens is 4. The highest BCUT2D eigenvalue weighted by atomic mass is 16.3. The van der Waals surface area contributed by atoms with Crippen LogP contribution in [0.4, 0.5) is 0 Å². The van der Waals surface area contributed by atoms with Gasteiger partial charge in [-0.05, 0) is 30.5 Å². The van der Waals surface area contributed by atoms with Crippen LogP contribution in [0.2, 0.25) is 0 Å². The van der Waals surface area contributed by atoms with Crippen molar-refractivity contribution in [2.24, 2.45) is 0 Å². The number of hydrogen-bond acceptors (Lipinski definition) is 4. The van der Waals surface area contributed by atoms with Crippen molar-refractivity contribution in [2.45, 2.75) is 26.0 Å². The molecule has 22 heavy (non-hydrogen) atoms. The number of benzene rings is 1. The molecule has 0 saturated heterocycles. The summed E-state index contributed by atoms with van der Waals surface area (Å²) in [6, 6.07) is 14.2. The van der Waals surface area contributed by atoms with Gasteiger partial charge in [0.05, 0.1) is 12.3 Å². The smallest absolute Gasteiger partial charge is 0.116 e. The summed E-state index contributed by atoms with van der Waals surface area (Å²) in [5.74, 6) is 0. The van der Waals surface area contributed by atoms with E-state index in [1.165, 1.54) is 5.56 Å². The molecule has 0 radical (unpaired) electrons. The number of hydrogen-bond donors (Lipinski definition) is 1. The molecule has 0 aliphatic carbocycles. The van der Waals surface area contributed by atoms with E-state index in [0.717, 1.165) is 30.6 Å². The molecule has 2 aromatic heterocycles. The molecule has 112 valence electrons. The summed E-state index contributed by atoms with van der Waals surface area (Å²) in [5, 5.41) is 17.7. The number of aliphatic hydroxyl groups excluding tert-OH is 1. The molecule has 0 bridgehead atoms. The first-order valence-corrected chi connectivity index (χ1v) is 7.36. The number of aryl methyl sites for hydroxylation is 2. The summed E-state index contributed by atoms with van der Waals surface area (Å²) in [4.78, 5) is 4.13. The second-order valence-electron chi connectivity index (χ2n) is 5.10. The summed E-state index contributed by atoms with van der Waals surface area (Å²) >= 11 is 0. The van der Waals surface area contributed by atoms with E-state index in [0.29, 0.717) is 5.69 Å². The molecule has 5 heteroatoms. The van der Waals surface area contributed by atoms with Crippen molar-refractivity contribution in [2.75, 3.05) is 0 Å². The lowest BCUT2D eigenvalue weighted by molar-refractivity contribution is 0.277. The van der Waals surface area contributed by atoms with Gasteiger partial charge in [0.15, 0.2) is 0 Å². The molecule has 0 aliphatic rings. The van der Waals surface area contributed by atoms with E-state index in [2.05, 4.69) is 39.6 Å². The van der Waals surface area contributed by atoms with E-state index < -0.39 is 0 Å². The molecule has 0 unspecified atom stereocenters. The first-order chi connectivity index (χ1) is 10.9. The van der Waals surface area contributed by atoms with Crippen LogP contribution >= 0.6 is 0 Å². The Kier molecular flexibility index (Phi) is 4.56. The van der Waals surface area contributed by atoms with Gasteiger partial charge in [0.25, 0.3) is 0 Å². The third-order valence-corrected chi connectivity index (χ3v) is 3.57. The second kappa shape index (κ2) is 6.95. The molecular weight excluding hydrogens is 276 g/mol. The van der Waals surface area contributed by atoms with Gasteiger partial charge in [0.2, 0.25) is 0 Å². The molecule has 3 aromatic rings. The van der Waals surface area contributed by atoms with Crippen LogP contribution in [0.25, 0.3) is 11.3 Å². The van der Waals surface area contributed by atoms with Gasteiger partial charge in [-0.3, -0.25) is 4.98 Å². The molecule has 0 amide bonds. The van der Waals surface area contributed by atoms with Gasteiger partial charge in [0, 0.05) is 24.5 Å². The van der Waals surface area contributed by atoms with Crippen molar-refractivity contribution < 1.29 is 5.11 Å². The van der Waals surface area contributed by atoms with Gasteiger partial charge in [-0.25, -0.2) is 4.68 Å². The van der Waals surface area contributed by atoms with E-state index >= 15 is 0 Å². The maximum atomic E-state index is 9.46. The number of rotatable bonds is 6. The van der Waals surface area contributed by atoms with E-state index in [1.54, 1.807) is 12.4 Å². The minimum atomic E-state index is -0.122. The van der Waals surface area contributed by atoms with E-state index in [4.69, 9.17) is 0 Å². The second-order valence-corrected chi connectivity index (χ2v) is 5.10. The molecule has 1 N–H and O–H groups in total. The van der Waals surface area contributed by atoms with E-state index in [9.17, 15) is 5.11 Å². The van der Waals surface area contributed by atoms with Crippen LogP contribution in [0.5, 0.6) is 0 Å².